The van der Waals surface area contributed by atoms with Crippen molar-refractivity contribution in [3.8, 4) is 0 Å². The highest BCUT2D eigenvalue weighted by Gasteiger charge is 2.13. The van der Waals surface area contributed by atoms with Gasteiger partial charge in [-0.2, -0.15) is 0 Å². The predicted octanol–water partition coefficient (Wildman–Crippen LogP) is 5.66. The predicted molar refractivity (Wildman–Crippen MR) is 158 cm³/mol. The summed E-state index contributed by atoms with van der Waals surface area (Å²) in [5.74, 6) is 0. The number of nitrogens with zero attached hydrogens (tertiary/aromatic N) is 6. The number of aromatic nitrogens is 4. The molecule has 0 aliphatic heterocycles. The molecule has 0 bridgehead atoms. The van der Waals surface area contributed by atoms with E-state index >= 15 is 0 Å². The van der Waals surface area contributed by atoms with Gasteiger partial charge in [0.05, 0.1) is 6.67 Å². The summed E-state index contributed by atoms with van der Waals surface area (Å²) in [5, 5.41) is 0. The van der Waals surface area contributed by atoms with Crippen molar-refractivity contribution in [3.05, 3.63) is 120 Å². The SMILES string of the molecule is c1ccc(CCCN(CCCc2ccccn2)CN(CCCc2ccccn2)CCCc2ccccn2)nc1. The van der Waals surface area contributed by atoms with Gasteiger partial charge in [0, 0.05) is 47.6 Å². The first-order chi connectivity index (χ1) is 19.3. The summed E-state index contributed by atoms with van der Waals surface area (Å²) >= 11 is 0. The Kier molecular flexibility index (Phi) is 12.6. The molecule has 204 valence electrons. The quantitative estimate of drug-likeness (QED) is 0.157. The van der Waals surface area contributed by atoms with Gasteiger partial charge in [-0.1, -0.05) is 24.3 Å². The Morgan fingerprint density at radius 2 is 0.667 bits per heavy atom. The van der Waals surface area contributed by atoms with Crippen molar-refractivity contribution in [1.82, 2.24) is 29.7 Å². The monoisotopic (exact) mass is 522 g/mol. The Balaban J connectivity index is 1.34. The van der Waals surface area contributed by atoms with Gasteiger partial charge in [0.25, 0.3) is 0 Å². The first kappa shape index (κ1) is 28.5. The van der Waals surface area contributed by atoms with Gasteiger partial charge in [-0.3, -0.25) is 29.7 Å². The van der Waals surface area contributed by atoms with Crippen LogP contribution < -0.4 is 0 Å². The lowest BCUT2D eigenvalue weighted by atomic mass is 10.1. The summed E-state index contributed by atoms with van der Waals surface area (Å²) in [6.07, 6.45) is 16.0. The van der Waals surface area contributed by atoms with E-state index in [2.05, 4.69) is 78.3 Å². The maximum absolute atomic E-state index is 4.53. The van der Waals surface area contributed by atoms with E-state index in [0.29, 0.717) is 0 Å². The Morgan fingerprint density at radius 1 is 0.385 bits per heavy atom. The van der Waals surface area contributed by atoms with Crippen LogP contribution in [-0.4, -0.2) is 62.6 Å². The second-order valence-electron chi connectivity index (χ2n) is 10.1. The van der Waals surface area contributed by atoms with Crippen molar-refractivity contribution < 1.29 is 0 Å². The average Bonchev–Trinajstić information content (AvgIpc) is 2.99. The third-order valence-electron chi connectivity index (χ3n) is 6.93. The molecule has 0 radical (unpaired) electrons. The molecule has 4 aromatic rings. The van der Waals surface area contributed by atoms with Gasteiger partial charge in [-0.15, -0.1) is 0 Å². The normalized spacial score (nSPS) is 11.3. The van der Waals surface area contributed by atoms with Crippen molar-refractivity contribution in [1.29, 1.82) is 0 Å². The molecule has 0 saturated heterocycles. The molecule has 4 heterocycles. The lowest BCUT2D eigenvalue weighted by Crippen LogP contribution is -2.40. The average molecular weight is 523 g/mol. The Bertz CT molecular complexity index is 958. The number of pyridine rings is 4. The van der Waals surface area contributed by atoms with Crippen LogP contribution in [0.1, 0.15) is 48.5 Å². The molecular weight excluding hydrogens is 480 g/mol. The first-order valence-electron chi connectivity index (χ1n) is 14.4. The minimum Gasteiger partial charge on any atom is -0.290 e. The van der Waals surface area contributed by atoms with Crippen LogP contribution in [0.15, 0.2) is 97.6 Å². The van der Waals surface area contributed by atoms with E-state index in [9.17, 15) is 0 Å². The zero-order valence-electron chi connectivity index (χ0n) is 23.1. The van der Waals surface area contributed by atoms with Crippen molar-refractivity contribution in [2.45, 2.75) is 51.4 Å². The number of rotatable bonds is 18. The lowest BCUT2D eigenvalue weighted by molar-refractivity contribution is 0.125. The lowest BCUT2D eigenvalue weighted by Gasteiger charge is -2.31. The molecule has 0 spiro atoms. The number of hydrogen-bond acceptors (Lipinski definition) is 6. The largest absolute Gasteiger partial charge is 0.290 e. The van der Waals surface area contributed by atoms with Gasteiger partial charge in [0.2, 0.25) is 0 Å². The van der Waals surface area contributed by atoms with Crippen LogP contribution in [0.25, 0.3) is 0 Å². The smallest absolute Gasteiger partial charge is 0.0506 e. The zero-order chi connectivity index (χ0) is 26.8. The molecule has 0 aliphatic rings. The molecule has 0 N–H and O–H groups in total. The van der Waals surface area contributed by atoms with Gasteiger partial charge in [0.15, 0.2) is 0 Å². The fraction of sp³-hybridized carbons (Fsp3) is 0.394. The molecule has 0 fully saturated rings. The van der Waals surface area contributed by atoms with E-state index in [-0.39, 0.29) is 0 Å². The maximum Gasteiger partial charge on any atom is 0.0506 e. The van der Waals surface area contributed by atoms with Gasteiger partial charge in [0.1, 0.15) is 0 Å². The third-order valence-corrected chi connectivity index (χ3v) is 6.93. The highest BCUT2D eigenvalue weighted by atomic mass is 15.3. The summed E-state index contributed by atoms with van der Waals surface area (Å²) in [5.41, 5.74) is 4.70. The molecular formula is C33H42N6. The second-order valence-corrected chi connectivity index (χ2v) is 10.1. The maximum atomic E-state index is 4.53. The highest BCUT2D eigenvalue weighted by molar-refractivity contribution is 5.06. The summed E-state index contributed by atoms with van der Waals surface area (Å²) in [6.45, 7) is 5.24. The van der Waals surface area contributed by atoms with E-state index in [1.807, 2.05) is 49.1 Å². The summed E-state index contributed by atoms with van der Waals surface area (Å²) in [6, 6.07) is 24.8. The van der Waals surface area contributed by atoms with Gasteiger partial charge in [-0.25, -0.2) is 0 Å². The summed E-state index contributed by atoms with van der Waals surface area (Å²) < 4.78 is 0. The molecule has 0 unspecified atom stereocenters. The van der Waals surface area contributed by atoms with E-state index in [4.69, 9.17) is 0 Å². The van der Waals surface area contributed by atoms with Gasteiger partial charge < -0.3 is 0 Å². The van der Waals surface area contributed by atoms with E-state index in [1.54, 1.807) is 0 Å². The molecule has 39 heavy (non-hydrogen) atoms. The number of hydrogen-bond donors (Lipinski definition) is 0. The van der Waals surface area contributed by atoms with Crippen molar-refractivity contribution >= 4 is 0 Å². The van der Waals surface area contributed by atoms with Gasteiger partial charge in [-0.05, 0) is 126 Å². The van der Waals surface area contributed by atoms with Crippen LogP contribution in [0.2, 0.25) is 0 Å². The zero-order valence-corrected chi connectivity index (χ0v) is 23.1. The topological polar surface area (TPSA) is 58.0 Å². The number of aryl methyl sites for hydroxylation is 4. The first-order valence-corrected chi connectivity index (χ1v) is 14.4. The second kappa shape index (κ2) is 17.2. The highest BCUT2D eigenvalue weighted by Crippen LogP contribution is 2.09. The minimum atomic E-state index is 0.981. The molecule has 0 aromatic carbocycles. The molecule has 4 aromatic heterocycles. The molecule has 6 nitrogen and oxygen atoms in total. The Morgan fingerprint density at radius 3 is 0.897 bits per heavy atom. The Labute approximate surface area is 234 Å². The Hall–Kier alpha value is -3.48. The molecule has 0 amide bonds. The molecule has 0 aliphatic carbocycles. The van der Waals surface area contributed by atoms with Crippen molar-refractivity contribution in [2.24, 2.45) is 0 Å². The van der Waals surface area contributed by atoms with E-state index in [0.717, 1.165) is 84.2 Å². The summed E-state index contributed by atoms with van der Waals surface area (Å²) in [4.78, 5) is 23.4. The fourth-order valence-electron chi connectivity index (χ4n) is 4.91. The van der Waals surface area contributed by atoms with Crippen LogP contribution in [0, 0.1) is 0 Å². The molecule has 4 rings (SSSR count). The molecule has 0 atom stereocenters. The van der Waals surface area contributed by atoms with Crippen LogP contribution in [0.3, 0.4) is 0 Å². The van der Waals surface area contributed by atoms with Gasteiger partial charge >= 0.3 is 0 Å². The van der Waals surface area contributed by atoms with E-state index < -0.39 is 0 Å². The summed E-state index contributed by atoms with van der Waals surface area (Å²) in [7, 11) is 0. The van der Waals surface area contributed by atoms with Crippen LogP contribution in [0.5, 0.6) is 0 Å². The standard InChI is InChI=1S/C33H42N6/c1-5-21-34-30(13-1)17-9-25-38(26-10-18-31-14-2-6-22-35-31)29-39(27-11-19-32-15-3-7-23-36-32)28-12-20-33-16-4-8-24-37-33/h1-8,13-16,21-24H,9-12,17-20,25-29H2. The molecule has 0 saturated carbocycles. The third kappa shape index (κ3) is 11.4. The van der Waals surface area contributed by atoms with Crippen LogP contribution in [-0.2, 0) is 25.7 Å². The van der Waals surface area contributed by atoms with E-state index in [1.165, 1.54) is 22.8 Å². The van der Waals surface area contributed by atoms with Crippen molar-refractivity contribution in [2.75, 3.05) is 32.8 Å². The van der Waals surface area contributed by atoms with Crippen LogP contribution in [0.4, 0.5) is 0 Å². The molecule has 6 heteroatoms. The van der Waals surface area contributed by atoms with Crippen LogP contribution >= 0.6 is 0 Å². The minimum absolute atomic E-state index is 0.981. The van der Waals surface area contributed by atoms with Crippen molar-refractivity contribution in [3.63, 3.8) is 0 Å². The fourth-order valence-corrected chi connectivity index (χ4v) is 4.91.